The number of Topliss-reactive ketones (excluding diaryl/α,β-unsaturated/α-hetero) is 1. The molecular formula is C13H15NO3. The molecule has 0 N–H and O–H groups in total. The maximum Gasteiger partial charge on any atom is 0.256 e. The lowest BCUT2D eigenvalue weighted by atomic mass is 9.91. The van der Waals surface area contributed by atoms with Crippen molar-refractivity contribution in [1.82, 2.24) is 4.57 Å². The van der Waals surface area contributed by atoms with Gasteiger partial charge in [0.2, 0.25) is 0 Å². The Morgan fingerprint density at radius 2 is 2.29 bits per heavy atom. The molecule has 1 aromatic rings. The first kappa shape index (κ1) is 10.7. The highest BCUT2D eigenvalue weighted by Crippen LogP contribution is 2.29. The summed E-state index contributed by atoms with van der Waals surface area (Å²) in [5, 5.41) is 0. The quantitative estimate of drug-likeness (QED) is 0.737. The Balaban J connectivity index is 2.25. The third kappa shape index (κ3) is 1.47. The lowest BCUT2D eigenvalue weighted by Gasteiger charge is -2.25. The van der Waals surface area contributed by atoms with E-state index in [9.17, 15) is 9.59 Å². The summed E-state index contributed by atoms with van der Waals surface area (Å²) in [6.07, 6.45) is 1.39. The van der Waals surface area contributed by atoms with E-state index in [1.54, 1.807) is 4.57 Å². The summed E-state index contributed by atoms with van der Waals surface area (Å²) in [6, 6.07) is 1.92. The van der Waals surface area contributed by atoms with Crippen molar-refractivity contribution in [2.45, 2.75) is 38.8 Å². The molecule has 0 radical (unpaired) electrons. The zero-order valence-corrected chi connectivity index (χ0v) is 9.86. The molecule has 0 saturated heterocycles. The monoisotopic (exact) mass is 233 g/mol. The number of aromatic nitrogens is 1. The molecule has 0 fully saturated rings. The number of ketones is 1. The molecule has 3 heterocycles. The summed E-state index contributed by atoms with van der Waals surface area (Å²) >= 11 is 0. The Morgan fingerprint density at radius 3 is 3.06 bits per heavy atom. The highest BCUT2D eigenvalue weighted by molar-refractivity contribution is 5.96. The van der Waals surface area contributed by atoms with Gasteiger partial charge < -0.3 is 9.30 Å². The molecule has 0 saturated carbocycles. The van der Waals surface area contributed by atoms with E-state index in [1.165, 1.54) is 0 Å². The van der Waals surface area contributed by atoms with E-state index in [2.05, 4.69) is 6.92 Å². The second kappa shape index (κ2) is 3.81. The molecule has 90 valence electrons. The van der Waals surface area contributed by atoms with Crippen molar-refractivity contribution >= 4 is 5.78 Å². The van der Waals surface area contributed by atoms with Crippen LogP contribution in [-0.4, -0.2) is 17.0 Å². The van der Waals surface area contributed by atoms with Crippen molar-refractivity contribution in [2.75, 3.05) is 6.61 Å². The highest BCUT2D eigenvalue weighted by Gasteiger charge is 2.28. The number of rotatable bonds is 1. The van der Waals surface area contributed by atoms with E-state index in [-0.39, 0.29) is 17.3 Å². The van der Waals surface area contributed by atoms with E-state index in [4.69, 9.17) is 4.74 Å². The van der Waals surface area contributed by atoms with Crippen molar-refractivity contribution in [3.63, 3.8) is 0 Å². The molecule has 0 bridgehead atoms. The maximum atomic E-state index is 12.2. The van der Waals surface area contributed by atoms with Crippen LogP contribution in [0.2, 0.25) is 0 Å². The normalized spacial score (nSPS) is 22.4. The van der Waals surface area contributed by atoms with Crippen molar-refractivity contribution in [1.29, 1.82) is 0 Å². The fraction of sp³-hybridized carbons (Fsp3) is 0.538. The zero-order chi connectivity index (χ0) is 12.0. The third-order valence-electron chi connectivity index (χ3n) is 3.78. The van der Waals surface area contributed by atoms with E-state index in [0.717, 1.165) is 17.5 Å². The summed E-state index contributed by atoms with van der Waals surface area (Å²) < 4.78 is 7.07. The average molecular weight is 233 g/mol. The van der Waals surface area contributed by atoms with Crippen LogP contribution < -0.4 is 5.56 Å². The Bertz CT molecular complexity index is 544. The molecule has 0 aliphatic carbocycles. The molecule has 2 aliphatic heterocycles. The first-order chi connectivity index (χ1) is 8.22. The Labute approximate surface area is 99.2 Å². The molecule has 2 aliphatic rings. The molecule has 17 heavy (non-hydrogen) atoms. The topological polar surface area (TPSA) is 48.3 Å². The fourth-order valence-corrected chi connectivity index (χ4v) is 2.74. The first-order valence-corrected chi connectivity index (χ1v) is 6.10. The van der Waals surface area contributed by atoms with Crippen molar-refractivity contribution in [3.8, 4) is 0 Å². The number of ether oxygens (including phenoxy) is 1. The molecule has 4 heteroatoms. The standard InChI is InChI=1S/C13H15NO3/c1-2-8-6-17-7-10-9(8)5-11-12(15)3-4-14(11)13(10)16/h5,8H,2-4,6-7H2,1H3. The number of hydrogen-bond acceptors (Lipinski definition) is 3. The Morgan fingerprint density at radius 1 is 1.47 bits per heavy atom. The van der Waals surface area contributed by atoms with Crippen molar-refractivity contribution < 1.29 is 9.53 Å². The predicted octanol–water partition coefficient (Wildman–Crippen LogP) is 1.46. The molecule has 1 atom stereocenters. The maximum absolute atomic E-state index is 12.2. The third-order valence-corrected chi connectivity index (χ3v) is 3.78. The van der Waals surface area contributed by atoms with E-state index in [1.807, 2.05) is 6.07 Å². The zero-order valence-electron chi connectivity index (χ0n) is 9.86. The number of nitrogens with zero attached hydrogens (tertiary/aromatic N) is 1. The number of fused-ring (bicyclic) bond motifs is 2. The van der Waals surface area contributed by atoms with Gasteiger partial charge in [-0.2, -0.15) is 0 Å². The van der Waals surface area contributed by atoms with Gasteiger partial charge in [-0.1, -0.05) is 6.92 Å². The van der Waals surface area contributed by atoms with Gasteiger partial charge in [-0.3, -0.25) is 9.59 Å². The molecule has 4 nitrogen and oxygen atoms in total. The number of pyridine rings is 1. The Kier molecular flexibility index (Phi) is 2.40. The minimum Gasteiger partial charge on any atom is -0.376 e. The van der Waals surface area contributed by atoms with Gasteiger partial charge in [-0.15, -0.1) is 0 Å². The average Bonchev–Trinajstić information content (AvgIpc) is 2.71. The molecule has 1 unspecified atom stereocenters. The second-order valence-electron chi connectivity index (χ2n) is 4.71. The fourth-order valence-electron chi connectivity index (χ4n) is 2.74. The van der Waals surface area contributed by atoms with Gasteiger partial charge in [-0.25, -0.2) is 0 Å². The summed E-state index contributed by atoms with van der Waals surface area (Å²) in [5.74, 6) is 0.344. The highest BCUT2D eigenvalue weighted by atomic mass is 16.5. The van der Waals surface area contributed by atoms with E-state index in [0.29, 0.717) is 31.9 Å². The van der Waals surface area contributed by atoms with Gasteiger partial charge in [-0.05, 0) is 18.1 Å². The molecule has 3 rings (SSSR count). The molecule has 0 aromatic carbocycles. The molecular weight excluding hydrogens is 218 g/mol. The van der Waals surface area contributed by atoms with Crippen LogP contribution in [0.1, 0.15) is 47.3 Å². The predicted molar refractivity (Wildman–Crippen MR) is 62.3 cm³/mol. The first-order valence-electron chi connectivity index (χ1n) is 6.10. The van der Waals surface area contributed by atoms with E-state index < -0.39 is 0 Å². The van der Waals surface area contributed by atoms with Crippen LogP contribution in [0, 0.1) is 0 Å². The van der Waals surface area contributed by atoms with Crippen molar-refractivity contribution in [2.24, 2.45) is 0 Å². The van der Waals surface area contributed by atoms with Crippen LogP contribution in [0.15, 0.2) is 10.9 Å². The van der Waals surface area contributed by atoms with Crippen molar-refractivity contribution in [3.05, 3.63) is 33.2 Å². The molecule has 1 aromatic heterocycles. The van der Waals surface area contributed by atoms with E-state index >= 15 is 0 Å². The molecule has 0 amide bonds. The van der Waals surface area contributed by atoms with Gasteiger partial charge in [0.15, 0.2) is 5.78 Å². The van der Waals surface area contributed by atoms with Gasteiger partial charge >= 0.3 is 0 Å². The summed E-state index contributed by atoms with van der Waals surface area (Å²) in [6.45, 7) is 3.65. The van der Waals surface area contributed by atoms with Gasteiger partial charge in [0, 0.05) is 24.4 Å². The second-order valence-corrected chi connectivity index (χ2v) is 4.71. The van der Waals surface area contributed by atoms with Crippen LogP contribution in [0.4, 0.5) is 0 Å². The lowest BCUT2D eigenvalue weighted by molar-refractivity contribution is 0.0882. The minimum absolute atomic E-state index is 0.0264. The summed E-state index contributed by atoms with van der Waals surface area (Å²) in [7, 11) is 0. The van der Waals surface area contributed by atoms with Crippen LogP contribution in [0.25, 0.3) is 0 Å². The number of hydrogen-bond donors (Lipinski definition) is 0. The minimum atomic E-state index is -0.0264. The van der Waals surface area contributed by atoms with Gasteiger partial charge in [0.25, 0.3) is 5.56 Å². The number of carbonyl (C=O) groups excluding carboxylic acids is 1. The largest absolute Gasteiger partial charge is 0.376 e. The Hall–Kier alpha value is -1.42. The van der Waals surface area contributed by atoms with Crippen LogP contribution >= 0.6 is 0 Å². The summed E-state index contributed by atoms with van der Waals surface area (Å²) in [4.78, 5) is 24.0. The van der Waals surface area contributed by atoms with Crippen LogP contribution in [-0.2, 0) is 17.9 Å². The SMILES string of the molecule is CCC1COCc2c1cc1n(c2=O)CCC1=O. The smallest absolute Gasteiger partial charge is 0.256 e. The van der Waals surface area contributed by atoms with Crippen LogP contribution in [0.3, 0.4) is 0 Å². The molecule has 0 spiro atoms. The van der Waals surface area contributed by atoms with Gasteiger partial charge in [0.1, 0.15) is 0 Å². The summed E-state index contributed by atoms with van der Waals surface area (Å²) in [5.41, 5.74) is 2.35. The lowest BCUT2D eigenvalue weighted by Crippen LogP contribution is -2.30. The number of carbonyl (C=O) groups is 1. The van der Waals surface area contributed by atoms with Gasteiger partial charge in [0.05, 0.1) is 18.9 Å². The van der Waals surface area contributed by atoms with Crippen LogP contribution in [0.5, 0.6) is 0 Å².